The molecule has 1 aromatic heterocycles. The van der Waals surface area contributed by atoms with Crippen LogP contribution < -0.4 is 5.73 Å². The Morgan fingerprint density at radius 1 is 1.58 bits per heavy atom. The van der Waals surface area contributed by atoms with Crippen molar-refractivity contribution in [2.24, 2.45) is 5.73 Å². The van der Waals surface area contributed by atoms with Crippen molar-refractivity contribution in [3.63, 3.8) is 0 Å². The molecular formula is C8H11BrN2O. The number of hydrogen-bond acceptors (Lipinski definition) is 3. The summed E-state index contributed by atoms with van der Waals surface area (Å²) in [7, 11) is 0. The Balaban J connectivity index is 2.68. The maximum absolute atomic E-state index is 8.64. The Bertz CT molecular complexity index is 237. The lowest BCUT2D eigenvalue weighted by Crippen LogP contribution is -2.11. The summed E-state index contributed by atoms with van der Waals surface area (Å²) in [5, 5.41) is 8.64. The summed E-state index contributed by atoms with van der Waals surface area (Å²) >= 11 is 3.23. The van der Waals surface area contributed by atoms with E-state index in [9.17, 15) is 0 Å². The molecule has 0 aliphatic carbocycles. The largest absolute Gasteiger partial charge is 0.396 e. The van der Waals surface area contributed by atoms with Crippen molar-refractivity contribution < 1.29 is 5.11 Å². The number of nitrogens with zero attached hydrogens (tertiary/aromatic N) is 1. The zero-order chi connectivity index (χ0) is 8.97. The molecule has 66 valence electrons. The second kappa shape index (κ2) is 4.54. The third-order valence-corrected chi connectivity index (χ3v) is 2.09. The Morgan fingerprint density at radius 3 is 2.83 bits per heavy atom. The van der Waals surface area contributed by atoms with E-state index in [1.807, 2.05) is 12.1 Å². The predicted molar refractivity (Wildman–Crippen MR) is 50.6 cm³/mol. The van der Waals surface area contributed by atoms with Gasteiger partial charge in [-0.1, -0.05) is 6.07 Å². The fraction of sp³-hybridized carbons (Fsp3) is 0.375. The van der Waals surface area contributed by atoms with E-state index >= 15 is 0 Å². The number of nitrogens with two attached hydrogens (primary N) is 1. The first-order valence-electron chi connectivity index (χ1n) is 3.72. The van der Waals surface area contributed by atoms with E-state index < -0.39 is 0 Å². The summed E-state index contributed by atoms with van der Waals surface area (Å²) in [6.07, 6.45) is 2.29. The number of aliphatic hydroxyl groups is 1. The fourth-order valence-electron chi connectivity index (χ4n) is 0.912. The summed E-state index contributed by atoms with van der Waals surface area (Å²) in [5.74, 6) is 0. The average Bonchev–Trinajstić information content (AvgIpc) is 2.06. The molecule has 0 fully saturated rings. The summed E-state index contributed by atoms with van der Waals surface area (Å²) in [4.78, 5) is 4.04. The van der Waals surface area contributed by atoms with Crippen LogP contribution in [-0.2, 0) is 0 Å². The van der Waals surface area contributed by atoms with Crippen molar-refractivity contribution in [3.8, 4) is 0 Å². The lowest BCUT2D eigenvalue weighted by molar-refractivity contribution is 0.276. The minimum Gasteiger partial charge on any atom is -0.396 e. The lowest BCUT2D eigenvalue weighted by Gasteiger charge is -2.08. The first-order chi connectivity index (χ1) is 5.74. The second-order valence-corrected chi connectivity index (χ2v) is 3.35. The van der Waals surface area contributed by atoms with Crippen LogP contribution in [0.1, 0.15) is 18.0 Å². The molecule has 12 heavy (non-hydrogen) atoms. The van der Waals surface area contributed by atoms with Gasteiger partial charge in [0.15, 0.2) is 0 Å². The molecule has 1 atom stereocenters. The topological polar surface area (TPSA) is 59.1 Å². The third-order valence-electron chi connectivity index (χ3n) is 1.62. The van der Waals surface area contributed by atoms with Crippen molar-refractivity contribution >= 4 is 15.9 Å². The standard InChI is InChI=1S/C8H11BrN2O/c9-8-2-1-6(5-11-8)7(10)3-4-12/h1-2,5,7,12H,3-4,10H2/t7-/m1/s1. The van der Waals surface area contributed by atoms with Crippen molar-refractivity contribution in [3.05, 3.63) is 28.5 Å². The summed E-state index contributed by atoms with van der Waals surface area (Å²) in [5.41, 5.74) is 6.69. The Kier molecular flexibility index (Phi) is 3.65. The Morgan fingerprint density at radius 2 is 2.33 bits per heavy atom. The van der Waals surface area contributed by atoms with E-state index in [1.165, 1.54) is 0 Å². The van der Waals surface area contributed by atoms with Gasteiger partial charge >= 0.3 is 0 Å². The molecular weight excluding hydrogens is 220 g/mol. The van der Waals surface area contributed by atoms with Crippen LogP contribution in [0.3, 0.4) is 0 Å². The van der Waals surface area contributed by atoms with Gasteiger partial charge in [0.25, 0.3) is 0 Å². The Hall–Kier alpha value is -0.450. The van der Waals surface area contributed by atoms with Crippen molar-refractivity contribution in [2.75, 3.05) is 6.61 Å². The monoisotopic (exact) mass is 230 g/mol. The molecule has 1 aromatic rings. The van der Waals surface area contributed by atoms with Gasteiger partial charge in [-0.3, -0.25) is 0 Å². The molecule has 0 unspecified atom stereocenters. The van der Waals surface area contributed by atoms with E-state index in [0.717, 1.165) is 10.2 Å². The van der Waals surface area contributed by atoms with Gasteiger partial charge in [0.1, 0.15) is 4.60 Å². The number of aromatic nitrogens is 1. The van der Waals surface area contributed by atoms with Crippen molar-refractivity contribution in [1.82, 2.24) is 4.98 Å². The molecule has 0 radical (unpaired) electrons. The molecule has 0 aromatic carbocycles. The van der Waals surface area contributed by atoms with Crippen molar-refractivity contribution in [1.29, 1.82) is 0 Å². The molecule has 3 nitrogen and oxygen atoms in total. The number of rotatable bonds is 3. The van der Waals surface area contributed by atoms with Gasteiger partial charge in [-0.05, 0) is 34.0 Å². The molecule has 4 heteroatoms. The van der Waals surface area contributed by atoms with E-state index in [2.05, 4.69) is 20.9 Å². The number of aliphatic hydroxyl groups excluding tert-OH is 1. The SMILES string of the molecule is N[C@H](CCO)c1ccc(Br)nc1. The van der Waals surface area contributed by atoms with Crippen LogP contribution in [0.2, 0.25) is 0 Å². The van der Waals surface area contributed by atoms with Crippen LogP contribution >= 0.6 is 15.9 Å². The van der Waals surface area contributed by atoms with E-state index in [4.69, 9.17) is 10.8 Å². The molecule has 0 bridgehead atoms. The zero-order valence-electron chi connectivity index (χ0n) is 6.57. The first-order valence-corrected chi connectivity index (χ1v) is 4.51. The predicted octanol–water partition coefficient (Wildman–Crippen LogP) is 1.23. The molecule has 0 saturated heterocycles. The van der Waals surface area contributed by atoms with Crippen LogP contribution in [0.15, 0.2) is 22.9 Å². The van der Waals surface area contributed by atoms with Gasteiger partial charge in [0.05, 0.1) is 0 Å². The van der Waals surface area contributed by atoms with Gasteiger partial charge in [-0.2, -0.15) is 0 Å². The van der Waals surface area contributed by atoms with Gasteiger partial charge in [0, 0.05) is 18.8 Å². The molecule has 3 N–H and O–H groups in total. The van der Waals surface area contributed by atoms with Crippen LogP contribution in [-0.4, -0.2) is 16.7 Å². The molecule has 0 amide bonds. The highest BCUT2D eigenvalue weighted by atomic mass is 79.9. The smallest absolute Gasteiger partial charge is 0.106 e. The van der Waals surface area contributed by atoms with Crippen LogP contribution in [0.4, 0.5) is 0 Å². The molecule has 1 rings (SSSR count). The highest BCUT2D eigenvalue weighted by Gasteiger charge is 2.04. The zero-order valence-corrected chi connectivity index (χ0v) is 8.16. The maximum Gasteiger partial charge on any atom is 0.106 e. The number of hydrogen-bond donors (Lipinski definition) is 2. The Labute approximate surface area is 79.7 Å². The van der Waals surface area contributed by atoms with E-state index in [1.54, 1.807) is 6.20 Å². The number of halogens is 1. The van der Waals surface area contributed by atoms with Crippen LogP contribution in [0.25, 0.3) is 0 Å². The summed E-state index contributed by atoms with van der Waals surface area (Å²) in [6.45, 7) is 0.108. The number of pyridine rings is 1. The van der Waals surface area contributed by atoms with Gasteiger partial charge in [-0.25, -0.2) is 4.98 Å². The van der Waals surface area contributed by atoms with Crippen molar-refractivity contribution in [2.45, 2.75) is 12.5 Å². The van der Waals surface area contributed by atoms with Crippen LogP contribution in [0, 0.1) is 0 Å². The quantitative estimate of drug-likeness (QED) is 0.769. The first kappa shape index (κ1) is 9.64. The van der Waals surface area contributed by atoms with Crippen LogP contribution in [0.5, 0.6) is 0 Å². The lowest BCUT2D eigenvalue weighted by atomic mass is 10.1. The average molecular weight is 231 g/mol. The summed E-state index contributed by atoms with van der Waals surface area (Å²) < 4.78 is 0.794. The van der Waals surface area contributed by atoms with Gasteiger partial charge in [0.2, 0.25) is 0 Å². The van der Waals surface area contributed by atoms with E-state index in [0.29, 0.717) is 6.42 Å². The van der Waals surface area contributed by atoms with E-state index in [-0.39, 0.29) is 12.6 Å². The highest BCUT2D eigenvalue weighted by molar-refractivity contribution is 9.10. The normalized spacial score (nSPS) is 12.9. The molecule has 0 spiro atoms. The molecule has 0 saturated carbocycles. The molecule has 0 aliphatic rings. The second-order valence-electron chi connectivity index (χ2n) is 2.53. The molecule has 0 aliphatic heterocycles. The maximum atomic E-state index is 8.64. The third kappa shape index (κ3) is 2.55. The highest BCUT2D eigenvalue weighted by Crippen LogP contribution is 2.14. The fourth-order valence-corrected chi connectivity index (χ4v) is 1.15. The van der Waals surface area contributed by atoms with Gasteiger partial charge in [-0.15, -0.1) is 0 Å². The summed E-state index contributed by atoms with van der Waals surface area (Å²) in [6, 6.07) is 3.62. The molecule has 1 heterocycles. The minimum atomic E-state index is -0.115. The minimum absolute atomic E-state index is 0.108. The van der Waals surface area contributed by atoms with Gasteiger partial charge < -0.3 is 10.8 Å².